The molecular formula is C2H6Cl6N3P3. The second kappa shape index (κ2) is 4.23. The second-order valence-corrected chi connectivity index (χ2v) is 22.5. The van der Waals surface area contributed by atoms with Gasteiger partial charge in [-0.3, -0.25) is 0 Å². The van der Waals surface area contributed by atoms with Crippen molar-refractivity contribution in [3.63, 3.8) is 0 Å². The normalized spacial score (nSPS) is 49.2. The van der Waals surface area contributed by atoms with Gasteiger partial charge in [0.15, 0.2) is 0 Å². The van der Waals surface area contributed by atoms with Gasteiger partial charge in [0.1, 0.15) is 0 Å². The van der Waals surface area contributed by atoms with Crippen LogP contribution in [0.1, 0.15) is 6.92 Å². The Morgan fingerprint density at radius 3 is 1.93 bits per heavy atom. The molecule has 1 atom stereocenters. The predicted octanol–water partition coefficient (Wildman–Crippen LogP) is 5.57. The van der Waals surface area contributed by atoms with Crippen LogP contribution in [0, 0.1) is 0 Å². The summed E-state index contributed by atoms with van der Waals surface area (Å²) >= 11 is 35.3. The third-order valence-electron chi connectivity index (χ3n) is 1.24. The molecule has 0 aliphatic carbocycles. The Kier molecular flexibility index (Phi) is 4.52. The maximum absolute atomic E-state index is 6.08. The molecule has 0 N–H and O–H groups in total. The first kappa shape index (κ1) is 15.0. The molecule has 0 amide bonds. The first-order chi connectivity index (χ1) is 5.95. The number of hydrogen-bond acceptors (Lipinski definition) is 0. The van der Waals surface area contributed by atoms with Crippen LogP contribution >= 0.6 is 85.6 Å². The van der Waals surface area contributed by atoms with Crippen molar-refractivity contribution in [2.24, 2.45) is 0 Å². The summed E-state index contributed by atoms with van der Waals surface area (Å²) in [5.74, 6) is 0. The van der Waals surface area contributed by atoms with Gasteiger partial charge in [0.25, 0.3) is 0 Å². The zero-order valence-corrected chi connectivity index (χ0v) is 14.0. The molecule has 0 saturated carbocycles. The van der Waals surface area contributed by atoms with Gasteiger partial charge in [-0.25, -0.2) is 0 Å². The summed E-state index contributed by atoms with van der Waals surface area (Å²) in [4.78, 5) is 7.32. The molecule has 6 radical (unpaired) electrons. The van der Waals surface area contributed by atoms with Gasteiger partial charge in [-0.15, -0.1) is 0 Å². The molecule has 1 saturated heterocycles. The molecule has 1 unspecified atom stereocenters. The zero-order chi connectivity index (χ0) is 11.3. The van der Waals surface area contributed by atoms with Crippen molar-refractivity contribution in [3.05, 3.63) is 0 Å². The van der Waals surface area contributed by atoms with Crippen LogP contribution in [0.3, 0.4) is 0 Å². The minimum atomic E-state index is -4.33. The van der Waals surface area contributed by atoms with E-state index in [0.717, 1.165) is 0 Å². The first-order valence-corrected chi connectivity index (χ1v) is 15.1. The molecule has 1 heterocycles. The molecule has 1 fully saturated rings. The fraction of sp³-hybridized carbons (Fsp3) is 1.00. The molecule has 12 heteroatoms. The fourth-order valence-corrected chi connectivity index (χ4v) is 25.2. The molecule has 0 spiro atoms. The van der Waals surface area contributed by atoms with E-state index in [9.17, 15) is 0 Å². The van der Waals surface area contributed by atoms with Crippen LogP contribution in [0.5, 0.6) is 0 Å². The molecule has 86 valence electrons. The average molecular weight is 378 g/mol. The fourth-order valence-electron chi connectivity index (χ4n) is 0.791. The van der Waals surface area contributed by atoms with Crippen LogP contribution in [0.15, 0.2) is 0 Å². The van der Waals surface area contributed by atoms with Crippen molar-refractivity contribution < 1.29 is 0 Å². The predicted molar refractivity (Wildman–Crippen MR) is 74.2 cm³/mol. The topological polar surface area (TPSA) is 42.3 Å². The minimum absolute atomic E-state index is 0.445. The van der Waals surface area contributed by atoms with E-state index in [0.29, 0.717) is 6.16 Å². The van der Waals surface area contributed by atoms with Crippen LogP contribution in [-0.2, 0) is 0 Å². The van der Waals surface area contributed by atoms with E-state index in [1.807, 2.05) is 0 Å². The first-order valence-electron chi connectivity index (χ1n) is 3.34. The van der Waals surface area contributed by atoms with E-state index in [1.54, 1.807) is 6.92 Å². The molecule has 3 nitrogen and oxygen atoms in total. The third kappa shape index (κ3) is 4.30. The summed E-state index contributed by atoms with van der Waals surface area (Å²) < 4.78 is 0. The summed E-state index contributed by atoms with van der Waals surface area (Å²) in [5, 5.41) is 0. The van der Waals surface area contributed by atoms with Gasteiger partial charge < -0.3 is 0 Å². The Morgan fingerprint density at radius 2 is 1.57 bits per heavy atom. The zero-order valence-electron chi connectivity index (χ0n) is 6.71. The molecule has 0 aromatic carbocycles. The van der Waals surface area contributed by atoms with Gasteiger partial charge in [-0.2, -0.15) is 0 Å². The molecule has 14 heavy (non-hydrogen) atoms. The van der Waals surface area contributed by atoms with Gasteiger partial charge >= 0.3 is 113 Å². The second-order valence-electron chi connectivity index (χ2n) is 2.53. The van der Waals surface area contributed by atoms with Gasteiger partial charge in [0.05, 0.1) is 0 Å². The average Bonchev–Trinajstić information content (AvgIpc) is 1.76. The molecule has 0 aromatic rings. The molecular weight excluding hydrogens is 372 g/mol. The van der Waals surface area contributed by atoms with Crippen molar-refractivity contribution in [1.82, 2.24) is 14.6 Å². The van der Waals surface area contributed by atoms with Crippen LogP contribution in [0.25, 0.3) is 0 Å². The van der Waals surface area contributed by atoms with Gasteiger partial charge in [-0.05, 0) is 0 Å². The summed E-state index contributed by atoms with van der Waals surface area (Å²) in [6.45, 7) is -0.781. The molecule has 0 aromatic heterocycles. The van der Waals surface area contributed by atoms with Crippen molar-refractivity contribution in [1.29, 1.82) is 0 Å². The Bertz CT molecular complexity index is 252. The standard InChI is InChI=1S/C2H6Cl6N3P3/c1-2-12(3)9-13(4,5)11-14(6,7,8)10-12/h14H,2H2,1H3. The van der Waals surface area contributed by atoms with E-state index in [2.05, 4.69) is 14.6 Å². The number of halogens is 6. The molecule has 1 rings (SSSR count). The van der Waals surface area contributed by atoms with Crippen molar-refractivity contribution in [2.45, 2.75) is 6.92 Å². The van der Waals surface area contributed by atoms with E-state index in [1.165, 1.54) is 0 Å². The monoisotopic (exact) mass is 375 g/mol. The van der Waals surface area contributed by atoms with Gasteiger partial charge in [-0.1, -0.05) is 0 Å². The molecule has 1 aliphatic heterocycles. The van der Waals surface area contributed by atoms with E-state index in [-0.39, 0.29) is 0 Å². The molecule has 1 aliphatic rings. The van der Waals surface area contributed by atoms with Crippen molar-refractivity contribution >= 4 is 85.6 Å². The van der Waals surface area contributed by atoms with Crippen LogP contribution < -0.4 is 14.6 Å². The van der Waals surface area contributed by atoms with Crippen LogP contribution in [0.2, 0.25) is 0 Å². The van der Waals surface area contributed by atoms with E-state index < -0.39 is 18.1 Å². The quantitative estimate of drug-likeness (QED) is 0.536. The summed E-state index contributed by atoms with van der Waals surface area (Å²) in [6, 6.07) is 0. The van der Waals surface area contributed by atoms with E-state index >= 15 is 0 Å². The summed E-state index contributed by atoms with van der Waals surface area (Å²) in [7, 11) is 0. The maximum atomic E-state index is 6.08. The molecule has 0 bridgehead atoms. The SMILES string of the molecule is CC[P-]1(Cl)[N+][P-](Cl)(Cl)[N+][PH-](Cl)(Cl)(Cl)[N+]1. The summed E-state index contributed by atoms with van der Waals surface area (Å²) in [6.07, 6.45) is -2.53. The number of rotatable bonds is 1. The van der Waals surface area contributed by atoms with Crippen LogP contribution in [-0.4, -0.2) is 6.16 Å². The summed E-state index contributed by atoms with van der Waals surface area (Å²) in [5.41, 5.74) is 0. The Balaban J connectivity index is 3.01. The van der Waals surface area contributed by atoms with Gasteiger partial charge in [0.2, 0.25) is 0 Å². The number of nitrogens with zero attached hydrogens (tertiary/aromatic N) is 3. The Hall–Kier alpha value is 2.91. The van der Waals surface area contributed by atoms with Gasteiger partial charge in [0, 0.05) is 0 Å². The van der Waals surface area contributed by atoms with Crippen molar-refractivity contribution in [2.75, 3.05) is 6.16 Å². The van der Waals surface area contributed by atoms with E-state index in [4.69, 9.17) is 67.4 Å². The number of hydrogen-bond donors (Lipinski definition) is 0. The Morgan fingerprint density at radius 1 is 1.07 bits per heavy atom. The Labute approximate surface area is 112 Å². The van der Waals surface area contributed by atoms with Crippen molar-refractivity contribution in [3.8, 4) is 0 Å². The van der Waals surface area contributed by atoms with Crippen LogP contribution in [0.4, 0.5) is 0 Å². The third-order valence-corrected chi connectivity index (χ3v) is 17.4.